The van der Waals surface area contributed by atoms with Gasteiger partial charge in [0.05, 0.1) is 23.5 Å². The summed E-state index contributed by atoms with van der Waals surface area (Å²) in [7, 11) is 0. The molecular formula is C35H25F6N7O9. The third-order valence-electron chi connectivity index (χ3n) is 7.32. The second-order valence-electron chi connectivity index (χ2n) is 11.5. The number of fused-ring (bicyclic) bond motifs is 2. The molecule has 2 aromatic carbocycles. The van der Waals surface area contributed by atoms with Gasteiger partial charge >= 0.3 is 24.5 Å². The summed E-state index contributed by atoms with van der Waals surface area (Å²) in [5.41, 5.74) is 3.15. The predicted octanol–water partition coefficient (Wildman–Crippen LogP) is 6.27. The fourth-order valence-corrected chi connectivity index (χ4v) is 5.01. The molecule has 0 radical (unpaired) electrons. The number of carbonyl (C=O) groups excluding carboxylic acids is 1. The molecule has 1 N–H and O–H groups in total. The van der Waals surface area contributed by atoms with Crippen LogP contribution in [0.3, 0.4) is 0 Å². The van der Waals surface area contributed by atoms with E-state index < -0.39 is 18.5 Å². The molecule has 6 heterocycles. The molecular weight excluding hydrogens is 776 g/mol. The summed E-state index contributed by atoms with van der Waals surface area (Å²) in [5, 5.41) is 15.5. The van der Waals surface area contributed by atoms with Gasteiger partial charge in [0.15, 0.2) is 28.6 Å². The maximum absolute atomic E-state index is 12.3. The minimum absolute atomic E-state index is 0.0263. The van der Waals surface area contributed by atoms with Gasteiger partial charge in [-0.1, -0.05) is 10.3 Å². The standard InChI is InChI=1S/C17H11F3N4O4.C14H8F3NO3.C4H6N2O2/c1-9-21-14(28-23-9)8-24-15-13(26-16(24)25)7-6-12(22-15)10-2-4-11(5-3-10)27-17(18,19)20;15-14(16,17)21-9-3-1-8(2-4-9)10-5-6-12-11(18-10)7-13(19)20-12;1-3-5-4(2-7)8-6-3/h2-7H,8H2,1H3;1-6H,7H2;7H,2H2,1H3. The number of nitrogens with zero attached hydrogens (tertiary/aromatic N) is 7. The van der Waals surface area contributed by atoms with Crippen molar-refractivity contribution in [3.05, 3.63) is 112 Å². The number of oxazole rings is 1. The second-order valence-corrected chi connectivity index (χ2v) is 11.5. The van der Waals surface area contributed by atoms with Crippen molar-refractivity contribution in [2.45, 2.75) is 46.1 Å². The molecule has 0 fully saturated rings. The predicted molar refractivity (Wildman–Crippen MR) is 179 cm³/mol. The van der Waals surface area contributed by atoms with E-state index in [-0.39, 0.29) is 60.1 Å². The molecule has 1 aliphatic heterocycles. The Morgan fingerprint density at radius 3 is 1.72 bits per heavy atom. The zero-order valence-corrected chi connectivity index (χ0v) is 29.2. The van der Waals surface area contributed by atoms with E-state index in [0.717, 1.165) is 0 Å². The third-order valence-corrected chi connectivity index (χ3v) is 7.32. The van der Waals surface area contributed by atoms with Crippen LogP contribution in [-0.2, 0) is 24.4 Å². The van der Waals surface area contributed by atoms with E-state index >= 15 is 0 Å². The lowest BCUT2D eigenvalue weighted by Gasteiger charge is -2.09. The summed E-state index contributed by atoms with van der Waals surface area (Å²) in [6, 6.07) is 17.0. The Balaban J connectivity index is 0.000000166. The van der Waals surface area contributed by atoms with Crippen LogP contribution in [0.1, 0.15) is 29.1 Å². The maximum atomic E-state index is 12.3. The highest BCUT2D eigenvalue weighted by Gasteiger charge is 2.32. The minimum Gasteiger partial charge on any atom is -0.424 e. The number of carbonyl (C=O) groups is 1. The number of aromatic nitrogens is 7. The molecule has 296 valence electrons. The number of halogens is 6. The molecule has 7 aromatic rings. The first kappa shape index (κ1) is 39.6. The van der Waals surface area contributed by atoms with E-state index in [9.17, 15) is 35.9 Å². The molecule has 57 heavy (non-hydrogen) atoms. The minimum atomic E-state index is -4.77. The van der Waals surface area contributed by atoms with Gasteiger partial charge in [-0.3, -0.25) is 4.79 Å². The van der Waals surface area contributed by atoms with E-state index in [1.807, 2.05) is 0 Å². The van der Waals surface area contributed by atoms with Crippen molar-refractivity contribution in [2.75, 3.05) is 0 Å². The number of aryl methyl sites for hydroxylation is 2. The number of aliphatic hydroxyl groups excluding tert-OH is 1. The lowest BCUT2D eigenvalue weighted by Crippen LogP contribution is -2.17. The highest BCUT2D eigenvalue weighted by atomic mass is 19.4. The first-order valence-electron chi connectivity index (χ1n) is 16.1. The van der Waals surface area contributed by atoms with Crippen LogP contribution in [0.5, 0.6) is 17.2 Å². The number of ether oxygens (including phenoxy) is 3. The van der Waals surface area contributed by atoms with Gasteiger partial charge in [-0.05, 0) is 86.6 Å². The SMILES string of the molecule is Cc1noc(CO)n1.Cc1noc(Cn2c(=O)oc3ccc(-c4ccc(OC(F)(F)F)cc4)nc32)n1.O=C1Cc2nc(-c3ccc(OC(F)(F)F)cc3)ccc2O1. The zero-order chi connectivity index (χ0) is 40.9. The maximum Gasteiger partial charge on any atom is 0.573 e. The summed E-state index contributed by atoms with van der Waals surface area (Å²) in [6.45, 7) is 3.14. The van der Waals surface area contributed by atoms with Crippen molar-refractivity contribution >= 4 is 17.2 Å². The van der Waals surface area contributed by atoms with E-state index in [2.05, 4.69) is 44.2 Å². The largest absolute Gasteiger partial charge is 0.573 e. The summed E-state index contributed by atoms with van der Waals surface area (Å²) in [5.74, 6) is 0.203. The summed E-state index contributed by atoms with van der Waals surface area (Å²) < 4.78 is 101. The van der Waals surface area contributed by atoms with Crippen LogP contribution in [-0.4, -0.2) is 58.6 Å². The monoisotopic (exact) mass is 801 g/mol. The number of rotatable bonds is 7. The van der Waals surface area contributed by atoms with Crippen LogP contribution < -0.4 is 20.0 Å². The van der Waals surface area contributed by atoms with Gasteiger partial charge in [0.25, 0.3) is 5.89 Å². The Hall–Kier alpha value is -7.10. The molecule has 5 aromatic heterocycles. The molecule has 0 aliphatic carbocycles. The van der Waals surface area contributed by atoms with Crippen LogP contribution in [0.4, 0.5) is 26.3 Å². The van der Waals surface area contributed by atoms with Gasteiger partial charge in [-0.15, -0.1) is 26.3 Å². The van der Waals surface area contributed by atoms with Gasteiger partial charge in [-0.25, -0.2) is 19.3 Å². The summed E-state index contributed by atoms with van der Waals surface area (Å²) in [4.78, 5) is 39.7. The van der Waals surface area contributed by atoms with Crippen molar-refractivity contribution in [2.24, 2.45) is 0 Å². The number of hydrogen-bond acceptors (Lipinski definition) is 15. The third kappa shape index (κ3) is 10.6. The topological polar surface area (TPSA) is 204 Å². The van der Waals surface area contributed by atoms with E-state index in [1.54, 1.807) is 38.1 Å². The summed E-state index contributed by atoms with van der Waals surface area (Å²) in [6.07, 6.45) is -9.39. The van der Waals surface area contributed by atoms with Gasteiger partial charge in [0.2, 0.25) is 5.89 Å². The second kappa shape index (κ2) is 16.3. The van der Waals surface area contributed by atoms with Crippen LogP contribution >= 0.6 is 0 Å². The van der Waals surface area contributed by atoms with Crippen molar-refractivity contribution in [1.82, 2.24) is 34.8 Å². The quantitative estimate of drug-likeness (QED) is 0.139. The number of hydrogen-bond donors (Lipinski definition) is 1. The Labute approximate surface area is 314 Å². The molecule has 16 nitrogen and oxygen atoms in total. The van der Waals surface area contributed by atoms with Crippen LogP contribution in [0.25, 0.3) is 33.7 Å². The number of benzene rings is 2. The molecule has 0 amide bonds. The average Bonchev–Trinajstić information content (AvgIpc) is 3.94. The van der Waals surface area contributed by atoms with Crippen molar-refractivity contribution in [3.63, 3.8) is 0 Å². The van der Waals surface area contributed by atoms with E-state index in [1.165, 1.54) is 53.1 Å². The van der Waals surface area contributed by atoms with E-state index in [0.29, 0.717) is 45.6 Å². The molecule has 0 atom stereocenters. The van der Waals surface area contributed by atoms with Crippen LogP contribution in [0, 0.1) is 13.8 Å². The first-order valence-corrected chi connectivity index (χ1v) is 16.1. The molecule has 0 saturated carbocycles. The first-order chi connectivity index (χ1) is 27.0. The number of alkyl halides is 6. The van der Waals surface area contributed by atoms with Gasteiger partial charge < -0.3 is 32.8 Å². The lowest BCUT2D eigenvalue weighted by atomic mass is 10.1. The fraction of sp³-hybridized carbons (Fsp3) is 0.200. The van der Waals surface area contributed by atoms with Crippen molar-refractivity contribution in [3.8, 4) is 39.8 Å². The molecule has 22 heteroatoms. The number of aliphatic hydroxyl groups is 1. The number of esters is 1. The molecule has 0 saturated heterocycles. The van der Waals surface area contributed by atoms with E-state index in [4.69, 9.17) is 18.8 Å². The molecule has 8 rings (SSSR count). The average molecular weight is 802 g/mol. The summed E-state index contributed by atoms with van der Waals surface area (Å²) >= 11 is 0. The zero-order valence-electron chi connectivity index (χ0n) is 29.2. The molecule has 0 spiro atoms. The Kier molecular flexibility index (Phi) is 11.3. The fourth-order valence-electron chi connectivity index (χ4n) is 5.01. The van der Waals surface area contributed by atoms with Gasteiger partial charge in [-0.2, -0.15) is 9.97 Å². The number of pyridine rings is 2. The molecule has 0 bridgehead atoms. The van der Waals surface area contributed by atoms with Crippen LogP contribution in [0.2, 0.25) is 0 Å². The Morgan fingerprint density at radius 1 is 0.702 bits per heavy atom. The highest BCUT2D eigenvalue weighted by Crippen LogP contribution is 2.30. The lowest BCUT2D eigenvalue weighted by molar-refractivity contribution is -0.275. The van der Waals surface area contributed by atoms with Crippen LogP contribution in [0.15, 0.2) is 91.1 Å². The smallest absolute Gasteiger partial charge is 0.424 e. The van der Waals surface area contributed by atoms with Gasteiger partial charge in [0.1, 0.15) is 24.7 Å². The normalized spacial score (nSPS) is 12.3. The van der Waals surface area contributed by atoms with Crippen molar-refractivity contribution < 1.29 is 63.9 Å². The molecule has 0 unspecified atom stereocenters. The Morgan fingerprint density at radius 2 is 1.23 bits per heavy atom. The van der Waals surface area contributed by atoms with Crippen molar-refractivity contribution in [1.29, 1.82) is 0 Å². The van der Waals surface area contributed by atoms with Gasteiger partial charge in [0, 0.05) is 11.1 Å². The Bertz CT molecular complexity index is 2550. The molecule has 1 aliphatic rings. The highest BCUT2D eigenvalue weighted by molar-refractivity contribution is 5.80.